The van der Waals surface area contributed by atoms with Gasteiger partial charge in [0.25, 0.3) is 0 Å². The Morgan fingerprint density at radius 2 is 2.00 bits per heavy atom. The lowest BCUT2D eigenvalue weighted by atomic mass is 9.85. The zero-order valence-corrected chi connectivity index (χ0v) is 11.5. The van der Waals surface area contributed by atoms with Crippen LogP contribution in [0.2, 0.25) is 0 Å². The summed E-state index contributed by atoms with van der Waals surface area (Å²) in [6.45, 7) is 1.59. The largest absolute Gasteiger partial charge is 0.349 e. The van der Waals surface area contributed by atoms with E-state index in [2.05, 4.69) is 5.32 Å². The molecule has 0 saturated heterocycles. The number of amides is 1. The van der Waals surface area contributed by atoms with Gasteiger partial charge in [-0.15, -0.1) is 0 Å². The molecule has 1 aliphatic rings. The van der Waals surface area contributed by atoms with Crippen molar-refractivity contribution in [1.82, 2.24) is 5.32 Å². The van der Waals surface area contributed by atoms with Gasteiger partial charge in [0.1, 0.15) is 11.6 Å². The number of carbonyl (C=O) groups is 1. The van der Waals surface area contributed by atoms with E-state index >= 15 is 0 Å². The van der Waals surface area contributed by atoms with Crippen molar-refractivity contribution in [3.05, 3.63) is 35.4 Å². The van der Waals surface area contributed by atoms with Crippen LogP contribution < -0.4 is 11.1 Å². The lowest BCUT2D eigenvalue weighted by molar-refractivity contribution is -0.126. The topological polar surface area (TPSA) is 55.1 Å². The Hall–Kier alpha value is -1.49. The van der Waals surface area contributed by atoms with Crippen molar-refractivity contribution < 1.29 is 13.6 Å². The van der Waals surface area contributed by atoms with Gasteiger partial charge >= 0.3 is 0 Å². The monoisotopic (exact) mass is 282 g/mol. The maximum Gasteiger partial charge on any atom is 0.223 e. The van der Waals surface area contributed by atoms with E-state index in [-0.39, 0.29) is 23.4 Å². The molecule has 0 spiro atoms. The van der Waals surface area contributed by atoms with Gasteiger partial charge in [-0.25, -0.2) is 8.78 Å². The molecule has 20 heavy (non-hydrogen) atoms. The molecule has 0 aromatic heterocycles. The molecule has 0 aliphatic heterocycles. The van der Waals surface area contributed by atoms with E-state index in [0.717, 1.165) is 19.3 Å². The van der Waals surface area contributed by atoms with Crippen LogP contribution in [0.4, 0.5) is 8.78 Å². The Morgan fingerprint density at radius 3 is 2.60 bits per heavy atom. The third kappa shape index (κ3) is 3.33. The molecule has 110 valence electrons. The fraction of sp³-hybridized carbons (Fsp3) is 0.533. The predicted molar refractivity (Wildman–Crippen MR) is 72.8 cm³/mol. The van der Waals surface area contributed by atoms with E-state index in [0.29, 0.717) is 6.42 Å². The molecule has 3 atom stereocenters. The normalized spacial score (nSPS) is 24.2. The minimum Gasteiger partial charge on any atom is -0.349 e. The maximum atomic E-state index is 13.6. The SMILES string of the molecule is CC(NC(=O)C1CCCC(N)C1)c1c(F)cccc1F. The summed E-state index contributed by atoms with van der Waals surface area (Å²) in [6.07, 6.45) is 3.27. The Balaban J connectivity index is 2.04. The molecule has 1 aromatic carbocycles. The highest BCUT2D eigenvalue weighted by atomic mass is 19.1. The van der Waals surface area contributed by atoms with Crippen molar-refractivity contribution in [2.24, 2.45) is 11.7 Å². The lowest BCUT2D eigenvalue weighted by Gasteiger charge is -2.27. The van der Waals surface area contributed by atoms with Crippen molar-refractivity contribution in [2.75, 3.05) is 0 Å². The minimum absolute atomic E-state index is 0.0417. The highest BCUT2D eigenvalue weighted by molar-refractivity contribution is 5.79. The summed E-state index contributed by atoms with van der Waals surface area (Å²) in [7, 11) is 0. The smallest absolute Gasteiger partial charge is 0.223 e. The summed E-state index contributed by atoms with van der Waals surface area (Å²) in [5, 5.41) is 2.69. The molecule has 1 fully saturated rings. The van der Waals surface area contributed by atoms with Crippen LogP contribution in [0.1, 0.15) is 44.2 Å². The molecule has 1 aliphatic carbocycles. The number of hydrogen-bond donors (Lipinski definition) is 2. The number of nitrogens with two attached hydrogens (primary N) is 1. The number of carbonyl (C=O) groups excluding carboxylic acids is 1. The number of benzene rings is 1. The van der Waals surface area contributed by atoms with Gasteiger partial charge in [-0.1, -0.05) is 12.5 Å². The fourth-order valence-electron chi connectivity index (χ4n) is 2.79. The van der Waals surface area contributed by atoms with Crippen LogP contribution in [-0.4, -0.2) is 11.9 Å². The molecular formula is C15H20F2N2O. The highest BCUT2D eigenvalue weighted by Crippen LogP contribution is 2.25. The van der Waals surface area contributed by atoms with Crippen LogP contribution >= 0.6 is 0 Å². The summed E-state index contributed by atoms with van der Waals surface area (Å²) in [5.41, 5.74) is 5.76. The Bertz CT molecular complexity index is 473. The van der Waals surface area contributed by atoms with Crippen molar-refractivity contribution in [3.63, 3.8) is 0 Å². The van der Waals surface area contributed by atoms with Crippen LogP contribution in [0.3, 0.4) is 0 Å². The molecule has 3 unspecified atom stereocenters. The fourth-order valence-corrected chi connectivity index (χ4v) is 2.79. The Morgan fingerprint density at radius 1 is 1.35 bits per heavy atom. The molecule has 0 bridgehead atoms. The van der Waals surface area contributed by atoms with E-state index in [1.807, 2.05) is 0 Å². The van der Waals surface area contributed by atoms with Crippen molar-refractivity contribution in [3.8, 4) is 0 Å². The molecule has 1 saturated carbocycles. The first-order valence-corrected chi connectivity index (χ1v) is 6.99. The third-order valence-electron chi connectivity index (χ3n) is 3.88. The van der Waals surface area contributed by atoms with Gasteiger partial charge in [0.2, 0.25) is 5.91 Å². The number of halogens is 2. The molecule has 3 nitrogen and oxygen atoms in total. The Kier molecular flexibility index (Phi) is 4.70. The van der Waals surface area contributed by atoms with Gasteiger partial charge < -0.3 is 11.1 Å². The summed E-state index contributed by atoms with van der Waals surface area (Å²) < 4.78 is 27.3. The van der Waals surface area contributed by atoms with Crippen molar-refractivity contribution in [1.29, 1.82) is 0 Å². The van der Waals surface area contributed by atoms with Gasteiger partial charge in [-0.2, -0.15) is 0 Å². The average Bonchev–Trinajstić information content (AvgIpc) is 2.38. The first-order chi connectivity index (χ1) is 9.49. The maximum absolute atomic E-state index is 13.6. The standard InChI is InChI=1S/C15H20F2N2O/c1-9(14-12(16)6-3-7-13(14)17)19-15(20)10-4-2-5-11(18)8-10/h3,6-7,9-11H,2,4-5,8,18H2,1H3,(H,19,20). The molecule has 3 N–H and O–H groups in total. The lowest BCUT2D eigenvalue weighted by Crippen LogP contribution is -2.39. The molecule has 1 amide bonds. The summed E-state index contributed by atoms with van der Waals surface area (Å²) in [4.78, 5) is 12.1. The zero-order valence-electron chi connectivity index (χ0n) is 11.5. The quantitative estimate of drug-likeness (QED) is 0.895. The summed E-state index contributed by atoms with van der Waals surface area (Å²) in [5.74, 6) is -1.61. The summed E-state index contributed by atoms with van der Waals surface area (Å²) in [6, 6.07) is 3.04. The van der Waals surface area contributed by atoms with Crippen LogP contribution in [0.5, 0.6) is 0 Å². The van der Waals surface area contributed by atoms with Crippen LogP contribution in [0.15, 0.2) is 18.2 Å². The van der Waals surface area contributed by atoms with Crippen LogP contribution in [0, 0.1) is 17.6 Å². The number of hydrogen-bond acceptors (Lipinski definition) is 2. The molecule has 0 heterocycles. The van der Waals surface area contributed by atoms with Crippen LogP contribution in [0.25, 0.3) is 0 Å². The van der Waals surface area contributed by atoms with E-state index in [4.69, 9.17) is 5.73 Å². The van der Waals surface area contributed by atoms with Gasteiger partial charge in [0.05, 0.1) is 6.04 Å². The molecule has 0 radical (unpaired) electrons. The average molecular weight is 282 g/mol. The van der Waals surface area contributed by atoms with E-state index in [1.165, 1.54) is 18.2 Å². The minimum atomic E-state index is -0.693. The van der Waals surface area contributed by atoms with E-state index in [1.54, 1.807) is 6.92 Å². The molecular weight excluding hydrogens is 262 g/mol. The van der Waals surface area contributed by atoms with E-state index in [9.17, 15) is 13.6 Å². The molecule has 2 rings (SSSR count). The second-order valence-electron chi connectivity index (χ2n) is 5.49. The molecule has 5 heteroatoms. The zero-order chi connectivity index (χ0) is 14.7. The third-order valence-corrected chi connectivity index (χ3v) is 3.88. The second-order valence-corrected chi connectivity index (χ2v) is 5.49. The number of nitrogens with one attached hydrogen (secondary N) is 1. The second kappa shape index (κ2) is 6.31. The highest BCUT2D eigenvalue weighted by Gasteiger charge is 2.27. The van der Waals surface area contributed by atoms with Crippen molar-refractivity contribution in [2.45, 2.75) is 44.7 Å². The van der Waals surface area contributed by atoms with Gasteiger partial charge in [-0.05, 0) is 38.3 Å². The molecule has 1 aromatic rings. The van der Waals surface area contributed by atoms with Gasteiger partial charge in [0.15, 0.2) is 0 Å². The van der Waals surface area contributed by atoms with E-state index < -0.39 is 17.7 Å². The Labute approximate surface area is 117 Å². The van der Waals surface area contributed by atoms with Gasteiger partial charge in [0, 0.05) is 17.5 Å². The van der Waals surface area contributed by atoms with Crippen molar-refractivity contribution >= 4 is 5.91 Å². The number of rotatable bonds is 3. The van der Waals surface area contributed by atoms with Gasteiger partial charge in [-0.3, -0.25) is 4.79 Å². The predicted octanol–water partition coefficient (Wildman–Crippen LogP) is 2.66. The first kappa shape index (κ1) is 14.9. The summed E-state index contributed by atoms with van der Waals surface area (Å²) >= 11 is 0. The van der Waals surface area contributed by atoms with Crippen LogP contribution in [-0.2, 0) is 4.79 Å². The first-order valence-electron chi connectivity index (χ1n) is 6.99.